The number of halogens is 3. The summed E-state index contributed by atoms with van der Waals surface area (Å²) in [5, 5.41) is 5.57. The predicted molar refractivity (Wildman–Crippen MR) is 152 cm³/mol. The molecule has 1 N–H and O–H groups in total. The molecule has 5 rings (SSSR count). The Bertz CT molecular complexity index is 1410. The van der Waals surface area contributed by atoms with Gasteiger partial charge in [-0.3, -0.25) is 0 Å². The zero-order chi connectivity index (χ0) is 25.8. The Hall–Kier alpha value is -2.97. The van der Waals surface area contributed by atoms with Gasteiger partial charge in [0.15, 0.2) is 16.6 Å². The number of imidazole rings is 1. The van der Waals surface area contributed by atoms with Crippen molar-refractivity contribution in [1.29, 1.82) is 0 Å². The average molecular weight is 574 g/mol. The smallest absolute Gasteiger partial charge is 0.231 e. The largest absolute Gasteiger partial charge is 0.454 e. The van der Waals surface area contributed by atoms with E-state index in [1.165, 1.54) is 0 Å². The second-order valence-corrected chi connectivity index (χ2v) is 10.1. The quantitative estimate of drug-likeness (QED) is 0.228. The molecular formula is C27H23Cl3N4O2S. The highest BCUT2D eigenvalue weighted by Gasteiger charge is 2.17. The van der Waals surface area contributed by atoms with Gasteiger partial charge in [-0.25, -0.2) is 4.98 Å². The second kappa shape index (κ2) is 11.6. The zero-order valence-corrected chi connectivity index (χ0v) is 22.7. The molecule has 0 aliphatic carbocycles. The van der Waals surface area contributed by atoms with Crippen molar-refractivity contribution in [2.24, 2.45) is 0 Å². The van der Waals surface area contributed by atoms with Gasteiger partial charge in [-0.15, -0.1) is 0 Å². The Morgan fingerprint density at radius 1 is 1.03 bits per heavy atom. The van der Waals surface area contributed by atoms with E-state index in [-0.39, 0.29) is 6.79 Å². The molecule has 1 aliphatic rings. The van der Waals surface area contributed by atoms with E-state index in [4.69, 9.17) is 56.5 Å². The fraction of sp³-hybridized carbons (Fsp3) is 0.185. The number of anilines is 1. The Balaban J connectivity index is 1.32. The van der Waals surface area contributed by atoms with Gasteiger partial charge in [-0.1, -0.05) is 53.0 Å². The minimum Gasteiger partial charge on any atom is -0.454 e. The van der Waals surface area contributed by atoms with Crippen LogP contribution in [0, 0.1) is 0 Å². The monoisotopic (exact) mass is 572 g/mol. The number of aromatic nitrogens is 2. The molecule has 0 saturated carbocycles. The molecule has 2 heterocycles. The van der Waals surface area contributed by atoms with Crippen LogP contribution in [0.25, 0.3) is 0 Å². The molecule has 10 heteroatoms. The number of rotatable bonds is 8. The van der Waals surface area contributed by atoms with Gasteiger partial charge in [-0.05, 0) is 65.8 Å². The van der Waals surface area contributed by atoms with E-state index in [2.05, 4.69) is 19.8 Å². The lowest BCUT2D eigenvalue weighted by molar-refractivity contribution is 0.174. The molecule has 0 atom stereocenters. The number of nitrogens with one attached hydrogen (secondary N) is 1. The Morgan fingerprint density at radius 2 is 1.84 bits per heavy atom. The predicted octanol–water partition coefficient (Wildman–Crippen LogP) is 7.06. The molecule has 190 valence electrons. The number of thiocarbonyl (C=S) groups is 1. The molecule has 0 amide bonds. The molecule has 37 heavy (non-hydrogen) atoms. The summed E-state index contributed by atoms with van der Waals surface area (Å²) in [5.41, 5.74) is 3.92. The Morgan fingerprint density at radius 3 is 2.68 bits per heavy atom. The number of fused-ring (bicyclic) bond motifs is 1. The highest BCUT2D eigenvalue weighted by atomic mass is 35.5. The van der Waals surface area contributed by atoms with Crippen LogP contribution in [0.1, 0.15) is 16.8 Å². The molecule has 6 nitrogen and oxygen atoms in total. The molecule has 4 aromatic rings. The normalized spacial score (nSPS) is 12.0. The number of hydrogen-bond donors (Lipinski definition) is 1. The molecule has 0 bridgehead atoms. The molecule has 0 spiro atoms. The van der Waals surface area contributed by atoms with Crippen LogP contribution in [-0.4, -0.2) is 32.9 Å². The fourth-order valence-corrected chi connectivity index (χ4v) is 4.83. The van der Waals surface area contributed by atoms with Crippen LogP contribution in [0.4, 0.5) is 5.69 Å². The van der Waals surface area contributed by atoms with Gasteiger partial charge >= 0.3 is 0 Å². The Kier molecular flexibility index (Phi) is 8.05. The Labute approximate surface area is 235 Å². The fourth-order valence-electron chi connectivity index (χ4n) is 4.05. The van der Waals surface area contributed by atoms with E-state index in [1.807, 2.05) is 67.1 Å². The van der Waals surface area contributed by atoms with Crippen molar-refractivity contribution in [2.45, 2.75) is 19.5 Å². The lowest BCUT2D eigenvalue weighted by Crippen LogP contribution is -2.36. The summed E-state index contributed by atoms with van der Waals surface area (Å²) in [6.07, 6.45) is 4.43. The van der Waals surface area contributed by atoms with Gasteiger partial charge in [0.2, 0.25) is 6.79 Å². The maximum absolute atomic E-state index is 6.50. The maximum atomic E-state index is 6.50. The molecule has 0 unspecified atom stereocenters. The van der Waals surface area contributed by atoms with Gasteiger partial charge in [-0.2, -0.15) is 0 Å². The van der Waals surface area contributed by atoms with Crippen LogP contribution in [0.15, 0.2) is 73.2 Å². The van der Waals surface area contributed by atoms with Crippen LogP contribution in [0.3, 0.4) is 0 Å². The van der Waals surface area contributed by atoms with Crippen molar-refractivity contribution in [3.8, 4) is 11.5 Å². The third kappa shape index (κ3) is 6.30. The maximum Gasteiger partial charge on any atom is 0.231 e. The van der Waals surface area contributed by atoms with Crippen LogP contribution < -0.4 is 14.8 Å². The van der Waals surface area contributed by atoms with Gasteiger partial charge in [0.25, 0.3) is 0 Å². The number of benzene rings is 3. The van der Waals surface area contributed by atoms with Crippen LogP contribution >= 0.6 is 47.0 Å². The lowest BCUT2D eigenvalue weighted by Gasteiger charge is -2.27. The first kappa shape index (κ1) is 25.7. The molecule has 0 fully saturated rings. The number of hydrogen-bond acceptors (Lipinski definition) is 4. The third-order valence-corrected chi connectivity index (χ3v) is 7.47. The van der Waals surface area contributed by atoms with Gasteiger partial charge in [0, 0.05) is 48.7 Å². The van der Waals surface area contributed by atoms with Crippen molar-refractivity contribution in [1.82, 2.24) is 14.5 Å². The molecule has 0 radical (unpaired) electrons. The highest BCUT2D eigenvalue weighted by Crippen LogP contribution is 2.33. The zero-order valence-electron chi connectivity index (χ0n) is 19.7. The van der Waals surface area contributed by atoms with E-state index in [9.17, 15) is 0 Å². The first-order valence-corrected chi connectivity index (χ1v) is 13.1. The molecule has 1 aromatic heterocycles. The molecular weight excluding hydrogens is 551 g/mol. The van der Waals surface area contributed by atoms with Gasteiger partial charge in [0.05, 0.1) is 16.4 Å². The van der Waals surface area contributed by atoms with Crippen molar-refractivity contribution in [3.63, 3.8) is 0 Å². The number of ether oxygens (including phenoxy) is 2. The first-order chi connectivity index (χ1) is 18.0. The summed E-state index contributed by atoms with van der Waals surface area (Å²) in [6, 6.07) is 19.0. The topological polar surface area (TPSA) is 51.6 Å². The summed E-state index contributed by atoms with van der Waals surface area (Å²) in [7, 11) is 0. The summed E-state index contributed by atoms with van der Waals surface area (Å²) >= 11 is 24.6. The summed E-state index contributed by atoms with van der Waals surface area (Å²) in [6.45, 7) is 2.05. The summed E-state index contributed by atoms with van der Waals surface area (Å²) < 4.78 is 13.1. The summed E-state index contributed by atoms with van der Waals surface area (Å²) in [5.74, 6) is 1.54. The highest BCUT2D eigenvalue weighted by molar-refractivity contribution is 7.80. The molecule has 1 aliphatic heterocycles. The van der Waals surface area contributed by atoms with E-state index in [0.29, 0.717) is 46.2 Å². The standard InChI is InChI=1S/C27H23Cl3N4O2S/c28-20-5-7-21(8-6-20)32-27(37)33(15-19-2-1-3-23(29)26(19)30)11-10-22-13-31-16-34(22)14-18-4-9-24-25(12-18)36-17-35-24/h1-9,12-13,16H,10-11,14-15,17H2,(H,32,37). The van der Waals surface area contributed by atoms with Gasteiger partial charge < -0.3 is 24.3 Å². The van der Waals surface area contributed by atoms with Gasteiger partial charge in [0.1, 0.15) is 0 Å². The molecule has 0 saturated heterocycles. The van der Waals surface area contributed by atoms with E-state index < -0.39 is 0 Å². The minimum atomic E-state index is 0.256. The summed E-state index contributed by atoms with van der Waals surface area (Å²) in [4.78, 5) is 6.46. The van der Waals surface area contributed by atoms with E-state index in [1.54, 1.807) is 6.07 Å². The van der Waals surface area contributed by atoms with Crippen LogP contribution in [-0.2, 0) is 19.5 Å². The molecule has 3 aromatic carbocycles. The van der Waals surface area contributed by atoms with Crippen molar-refractivity contribution >= 4 is 57.8 Å². The van der Waals surface area contributed by atoms with E-state index >= 15 is 0 Å². The van der Waals surface area contributed by atoms with Crippen molar-refractivity contribution < 1.29 is 9.47 Å². The second-order valence-electron chi connectivity index (χ2n) is 8.52. The van der Waals surface area contributed by atoms with Crippen LogP contribution in [0.5, 0.6) is 11.5 Å². The van der Waals surface area contributed by atoms with Crippen molar-refractivity contribution in [3.05, 3.63) is 105 Å². The van der Waals surface area contributed by atoms with Crippen LogP contribution in [0.2, 0.25) is 15.1 Å². The first-order valence-electron chi connectivity index (χ1n) is 11.6. The SMILES string of the molecule is S=C(Nc1ccc(Cl)cc1)N(CCc1cncn1Cc1ccc2c(c1)OCO2)Cc1cccc(Cl)c1Cl. The van der Waals surface area contributed by atoms with Crippen molar-refractivity contribution in [2.75, 3.05) is 18.7 Å². The third-order valence-electron chi connectivity index (χ3n) is 6.00. The lowest BCUT2D eigenvalue weighted by atomic mass is 10.2. The average Bonchev–Trinajstić information content (AvgIpc) is 3.54. The van der Waals surface area contributed by atoms with E-state index in [0.717, 1.165) is 34.0 Å². The minimum absolute atomic E-state index is 0.256. The number of nitrogens with zero attached hydrogens (tertiary/aromatic N) is 3.